The second-order valence-corrected chi connectivity index (χ2v) is 7.02. The summed E-state index contributed by atoms with van der Waals surface area (Å²) in [6.45, 7) is 5.40. The molecule has 7 nitrogen and oxygen atoms in total. The highest BCUT2D eigenvalue weighted by atomic mass is 19.2. The molecular weight excluding hydrogens is 348 g/mol. The quantitative estimate of drug-likeness (QED) is 0.837. The second kappa shape index (κ2) is 7.86. The molecular formula is C17H23F2N3O4. The zero-order chi connectivity index (χ0) is 19.5. The minimum Gasteiger partial charge on any atom is -0.444 e. The van der Waals surface area contributed by atoms with Gasteiger partial charge in [0.05, 0.1) is 12.6 Å². The SMILES string of the molecule is CC(C)(C)OC(=O)N1CCN(C(=O)Nc2ccc(F)c(F)c2)C(CO)C1. The number of hydrogen-bond acceptors (Lipinski definition) is 4. The number of aliphatic hydroxyl groups excluding tert-OH is 1. The minimum atomic E-state index is -1.07. The molecule has 144 valence electrons. The van der Waals surface area contributed by atoms with Crippen molar-refractivity contribution in [2.24, 2.45) is 0 Å². The van der Waals surface area contributed by atoms with Crippen molar-refractivity contribution >= 4 is 17.8 Å². The number of rotatable bonds is 2. The van der Waals surface area contributed by atoms with E-state index >= 15 is 0 Å². The summed E-state index contributed by atoms with van der Waals surface area (Å²) in [4.78, 5) is 27.3. The summed E-state index contributed by atoms with van der Waals surface area (Å²) < 4.78 is 31.5. The molecule has 0 bridgehead atoms. The number of piperazine rings is 1. The van der Waals surface area contributed by atoms with Gasteiger partial charge in [-0.15, -0.1) is 0 Å². The number of carbonyl (C=O) groups is 2. The van der Waals surface area contributed by atoms with Crippen LogP contribution in [0.25, 0.3) is 0 Å². The molecule has 1 aromatic carbocycles. The van der Waals surface area contributed by atoms with Crippen LogP contribution in [-0.2, 0) is 4.74 Å². The lowest BCUT2D eigenvalue weighted by Crippen LogP contribution is -2.59. The minimum absolute atomic E-state index is 0.0974. The van der Waals surface area contributed by atoms with E-state index in [0.29, 0.717) is 0 Å². The average Bonchev–Trinajstić information content (AvgIpc) is 2.56. The van der Waals surface area contributed by atoms with Crippen LogP contribution >= 0.6 is 0 Å². The van der Waals surface area contributed by atoms with Gasteiger partial charge in [0.2, 0.25) is 0 Å². The highest BCUT2D eigenvalue weighted by Crippen LogP contribution is 2.18. The molecule has 1 saturated heterocycles. The van der Waals surface area contributed by atoms with E-state index in [9.17, 15) is 23.5 Å². The van der Waals surface area contributed by atoms with Gasteiger partial charge in [-0.05, 0) is 32.9 Å². The topological polar surface area (TPSA) is 82.1 Å². The van der Waals surface area contributed by atoms with Crippen LogP contribution in [0.3, 0.4) is 0 Å². The van der Waals surface area contributed by atoms with E-state index in [1.807, 2.05) is 0 Å². The number of urea groups is 1. The Morgan fingerprint density at radius 3 is 2.54 bits per heavy atom. The van der Waals surface area contributed by atoms with E-state index in [0.717, 1.165) is 12.1 Å². The number of nitrogens with one attached hydrogen (secondary N) is 1. The molecule has 1 aliphatic rings. The first-order chi connectivity index (χ1) is 12.1. The molecule has 0 spiro atoms. The van der Waals surface area contributed by atoms with E-state index in [-0.39, 0.29) is 31.9 Å². The third kappa shape index (κ3) is 5.04. The summed E-state index contributed by atoms with van der Waals surface area (Å²) in [6.07, 6.45) is -0.517. The molecule has 1 aromatic rings. The smallest absolute Gasteiger partial charge is 0.410 e. The molecule has 1 fully saturated rings. The van der Waals surface area contributed by atoms with Gasteiger partial charge in [0, 0.05) is 31.4 Å². The van der Waals surface area contributed by atoms with Crippen molar-refractivity contribution in [1.29, 1.82) is 0 Å². The number of carbonyl (C=O) groups excluding carboxylic acids is 2. The third-order valence-electron chi connectivity index (χ3n) is 3.78. The molecule has 1 aliphatic heterocycles. The number of amides is 3. The lowest BCUT2D eigenvalue weighted by Gasteiger charge is -2.40. The second-order valence-electron chi connectivity index (χ2n) is 7.02. The molecule has 9 heteroatoms. The Labute approximate surface area is 150 Å². The van der Waals surface area contributed by atoms with Crippen molar-refractivity contribution in [3.63, 3.8) is 0 Å². The van der Waals surface area contributed by atoms with E-state index in [4.69, 9.17) is 4.74 Å². The van der Waals surface area contributed by atoms with Crippen LogP contribution in [0.4, 0.5) is 24.1 Å². The predicted molar refractivity (Wildman–Crippen MR) is 90.8 cm³/mol. The van der Waals surface area contributed by atoms with Crippen LogP contribution in [0.1, 0.15) is 20.8 Å². The molecule has 1 atom stereocenters. The van der Waals surface area contributed by atoms with Crippen molar-refractivity contribution in [1.82, 2.24) is 9.80 Å². The molecule has 0 aliphatic carbocycles. The highest BCUT2D eigenvalue weighted by molar-refractivity contribution is 5.89. The number of ether oxygens (including phenoxy) is 1. The molecule has 0 saturated carbocycles. The Bertz CT molecular complexity index is 678. The van der Waals surface area contributed by atoms with Gasteiger partial charge in [0.15, 0.2) is 11.6 Å². The maximum absolute atomic E-state index is 13.3. The zero-order valence-electron chi connectivity index (χ0n) is 15.0. The van der Waals surface area contributed by atoms with Gasteiger partial charge in [-0.2, -0.15) is 0 Å². The number of aliphatic hydroxyl groups is 1. The van der Waals surface area contributed by atoms with Crippen LogP contribution in [-0.4, -0.2) is 64.9 Å². The molecule has 26 heavy (non-hydrogen) atoms. The van der Waals surface area contributed by atoms with Crippen molar-refractivity contribution in [2.75, 3.05) is 31.6 Å². The fraction of sp³-hybridized carbons (Fsp3) is 0.529. The van der Waals surface area contributed by atoms with Crippen LogP contribution < -0.4 is 5.32 Å². The summed E-state index contributed by atoms with van der Waals surface area (Å²) in [5, 5.41) is 12.0. The molecule has 0 aromatic heterocycles. The fourth-order valence-electron chi connectivity index (χ4n) is 2.54. The van der Waals surface area contributed by atoms with Crippen molar-refractivity contribution in [3.05, 3.63) is 29.8 Å². The highest BCUT2D eigenvalue weighted by Gasteiger charge is 2.34. The Morgan fingerprint density at radius 1 is 1.27 bits per heavy atom. The van der Waals surface area contributed by atoms with Crippen LogP contribution in [0.15, 0.2) is 18.2 Å². The molecule has 1 heterocycles. The summed E-state index contributed by atoms with van der Waals surface area (Å²) in [7, 11) is 0. The molecule has 2 rings (SSSR count). The normalized spacial score (nSPS) is 17.8. The summed E-state index contributed by atoms with van der Waals surface area (Å²) in [5.41, 5.74) is -0.549. The largest absolute Gasteiger partial charge is 0.444 e. The van der Waals surface area contributed by atoms with Gasteiger partial charge < -0.3 is 25.0 Å². The van der Waals surface area contributed by atoms with Crippen molar-refractivity contribution in [3.8, 4) is 0 Å². The molecule has 1 unspecified atom stereocenters. The van der Waals surface area contributed by atoms with E-state index in [1.165, 1.54) is 15.9 Å². The monoisotopic (exact) mass is 371 g/mol. The van der Waals surface area contributed by atoms with Crippen LogP contribution in [0, 0.1) is 11.6 Å². The van der Waals surface area contributed by atoms with Gasteiger partial charge in [0.1, 0.15) is 5.60 Å². The lowest BCUT2D eigenvalue weighted by molar-refractivity contribution is 0.00415. The standard InChI is InChI=1S/C17H23F2N3O4/c1-17(2,3)26-16(25)21-6-7-22(12(9-21)10-23)15(24)20-11-4-5-13(18)14(19)8-11/h4-5,8,12,23H,6-7,9-10H2,1-3H3,(H,20,24). The Morgan fingerprint density at radius 2 is 1.96 bits per heavy atom. The number of anilines is 1. The number of benzene rings is 1. The van der Waals surface area contributed by atoms with Crippen LogP contribution in [0.2, 0.25) is 0 Å². The Balaban J connectivity index is 2.01. The van der Waals surface area contributed by atoms with E-state index in [2.05, 4.69) is 5.32 Å². The first kappa shape index (κ1) is 19.9. The van der Waals surface area contributed by atoms with Gasteiger partial charge in [0.25, 0.3) is 0 Å². The summed E-state index contributed by atoms with van der Waals surface area (Å²) in [6, 6.07) is 1.81. The fourth-order valence-corrected chi connectivity index (χ4v) is 2.54. The number of halogens is 2. The lowest BCUT2D eigenvalue weighted by atomic mass is 10.2. The van der Waals surface area contributed by atoms with Crippen molar-refractivity contribution in [2.45, 2.75) is 32.4 Å². The van der Waals surface area contributed by atoms with Crippen molar-refractivity contribution < 1.29 is 28.2 Å². The molecule has 3 amide bonds. The first-order valence-electron chi connectivity index (χ1n) is 8.22. The molecule has 2 N–H and O–H groups in total. The first-order valence-corrected chi connectivity index (χ1v) is 8.22. The van der Waals surface area contributed by atoms with E-state index < -0.39 is 35.4 Å². The summed E-state index contributed by atoms with van der Waals surface area (Å²) in [5.74, 6) is -2.08. The van der Waals surface area contributed by atoms with Gasteiger partial charge in [-0.1, -0.05) is 0 Å². The Kier molecular flexibility index (Phi) is 6.01. The maximum atomic E-state index is 13.3. The zero-order valence-corrected chi connectivity index (χ0v) is 15.0. The van der Waals surface area contributed by atoms with Gasteiger partial charge >= 0.3 is 12.1 Å². The number of nitrogens with zero attached hydrogens (tertiary/aromatic N) is 2. The van der Waals surface area contributed by atoms with E-state index in [1.54, 1.807) is 20.8 Å². The predicted octanol–water partition coefficient (Wildman–Crippen LogP) is 2.41. The van der Waals surface area contributed by atoms with Gasteiger partial charge in [-0.25, -0.2) is 18.4 Å². The molecule has 0 radical (unpaired) electrons. The average molecular weight is 371 g/mol. The third-order valence-corrected chi connectivity index (χ3v) is 3.78. The van der Waals surface area contributed by atoms with Gasteiger partial charge in [-0.3, -0.25) is 0 Å². The van der Waals surface area contributed by atoms with Crippen LogP contribution in [0.5, 0.6) is 0 Å². The Hall–Kier alpha value is -2.42. The summed E-state index contributed by atoms with van der Waals surface area (Å²) >= 11 is 0. The number of hydrogen-bond donors (Lipinski definition) is 2. The maximum Gasteiger partial charge on any atom is 0.410 e.